The minimum atomic E-state index is -1.02. The molecule has 1 amide bonds. The number of ether oxygens (including phenoxy) is 1. The Labute approximate surface area is 121 Å². The SMILES string of the molecule is COc1ccc(N2C(=O)c3ccc(Cl)cc3C2O)cc1. The summed E-state index contributed by atoms with van der Waals surface area (Å²) in [6.45, 7) is 0. The molecule has 1 aliphatic heterocycles. The Morgan fingerprint density at radius 2 is 1.90 bits per heavy atom. The fraction of sp³-hybridized carbons (Fsp3) is 0.133. The zero-order valence-corrected chi connectivity index (χ0v) is 11.5. The average Bonchev–Trinajstić information content (AvgIpc) is 2.71. The summed E-state index contributed by atoms with van der Waals surface area (Å²) in [5.74, 6) is 0.449. The number of aliphatic hydroxyl groups is 1. The summed E-state index contributed by atoms with van der Waals surface area (Å²) in [6.07, 6.45) is -1.02. The van der Waals surface area contributed by atoms with Crippen LogP contribution in [0.3, 0.4) is 0 Å². The number of carbonyl (C=O) groups is 1. The van der Waals surface area contributed by atoms with Gasteiger partial charge in [0.05, 0.1) is 7.11 Å². The monoisotopic (exact) mass is 289 g/mol. The van der Waals surface area contributed by atoms with E-state index in [1.54, 1.807) is 49.6 Å². The molecule has 2 aromatic rings. The van der Waals surface area contributed by atoms with E-state index in [1.165, 1.54) is 4.90 Å². The average molecular weight is 290 g/mol. The Balaban J connectivity index is 2.02. The number of fused-ring (bicyclic) bond motifs is 1. The lowest BCUT2D eigenvalue weighted by Crippen LogP contribution is -2.27. The van der Waals surface area contributed by atoms with Gasteiger partial charge in [-0.25, -0.2) is 0 Å². The standard InChI is InChI=1S/C15H12ClNO3/c1-20-11-5-3-10(4-6-11)17-14(18)12-7-2-9(16)8-13(12)15(17)19/h2-8,15,19H,1H3. The molecule has 0 saturated heterocycles. The Morgan fingerprint density at radius 1 is 1.20 bits per heavy atom. The highest BCUT2D eigenvalue weighted by Gasteiger charge is 2.36. The molecule has 0 radical (unpaired) electrons. The zero-order chi connectivity index (χ0) is 14.3. The number of hydrogen-bond donors (Lipinski definition) is 1. The van der Waals surface area contributed by atoms with E-state index in [2.05, 4.69) is 0 Å². The van der Waals surface area contributed by atoms with Gasteiger partial charge in [-0.15, -0.1) is 0 Å². The smallest absolute Gasteiger partial charge is 0.261 e. The summed E-state index contributed by atoms with van der Waals surface area (Å²) in [4.78, 5) is 13.7. The van der Waals surface area contributed by atoms with E-state index in [0.29, 0.717) is 27.6 Å². The Hall–Kier alpha value is -2.04. The van der Waals surface area contributed by atoms with E-state index >= 15 is 0 Å². The maximum absolute atomic E-state index is 12.4. The first kappa shape index (κ1) is 13.0. The van der Waals surface area contributed by atoms with Gasteiger partial charge in [0.1, 0.15) is 5.75 Å². The quantitative estimate of drug-likeness (QED) is 0.924. The molecule has 1 N–H and O–H groups in total. The van der Waals surface area contributed by atoms with Crippen LogP contribution in [0, 0.1) is 0 Å². The molecule has 0 fully saturated rings. The third-order valence-electron chi connectivity index (χ3n) is 3.34. The minimum absolute atomic E-state index is 0.241. The lowest BCUT2D eigenvalue weighted by molar-refractivity contribution is 0.0935. The van der Waals surface area contributed by atoms with E-state index in [1.807, 2.05) is 0 Å². The number of amides is 1. The Bertz CT molecular complexity index is 669. The van der Waals surface area contributed by atoms with Gasteiger partial charge in [0.15, 0.2) is 6.23 Å². The predicted molar refractivity (Wildman–Crippen MR) is 76.2 cm³/mol. The molecule has 1 atom stereocenters. The second-order valence-corrected chi connectivity index (χ2v) is 4.91. The molecular formula is C15H12ClNO3. The maximum atomic E-state index is 12.4. The van der Waals surface area contributed by atoms with Gasteiger partial charge in [-0.05, 0) is 42.5 Å². The predicted octanol–water partition coefficient (Wildman–Crippen LogP) is 3.00. The van der Waals surface area contributed by atoms with Crippen LogP contribution in [-0.2, 0) is 0 Å². The molecule has 5 heteroatoms. The summed E-state index contributed by atoms with van der Waals surface area (Å²) in [6, 6.07) is 11.8. The van der Waals surface area contributed by atoms with E-state index in [4.69, 9.17) is 16.3 Å². The molecule has 0 bridgehead atoms. The second kappa shape index (κ2) is 4.81. The van der Waals surface area contributed by atoms with Crippen molar-refractivity contribution in [2.45, 2.75) is 6.23 Å². The summed E-state index contributed by atoms with van der Waals surface area (Å²) < 4.78 is 5.08. The van der Waals surface area contributed by atoms with Crippen LogP contribution in [0.4, 0.5) is 5.69 Å². The number of hydrogen-bond acceptors (Lipinski definition) is 3. The third kappa shape index (κ3) is 1.94. The largest absolute Gasteiger partial charge is 0.497 e. The van der Waals surface area contributed by atoms with Crippen LogP contribution in [-0.4, -0.2) is 18.1 Å². The number of nitrogens with zero attached hydrogens (tertiary/aromatic N) is 1. The second-order valence-electron chi connectivity index (χ2n) is 4.48. The minimum Gasteiger partial charge on any atom is -0.497 e. The fourth-order valence-corrected chi connectivity index (χ4v) is 2.50. The highest BCUT2D eigenvalue weighted by atomic mass is 35.5. The van der Waals surface area contributed by atoms with E-state index in [-0.39, 0.29) is 5.91 Å². The van der Waals surface area contributed by atoms with Crippen molar-refractivity contribution in [3.8, 4) is 5.75 Å². The molecular weight excluding hydrogens is 278 g/mol. The van der Waals surface area contributed by atoms with Crippen molar-refractivity contribution >= 4 is 23.2 Å². The van der Waals surface area contributed by atoms with Gasteiger partial charge in [-0.3, -0.25) is 9.69 Å². The van der Waals surface area contributed by atoms with Gasteiger partial charge in [0, 0.05) is 21.8 Å². The van der Waals surface area contributed by atoms with Crippen LogP contribution < -0.4 is 9.64 Å². The summed E-state index contributed by atoms with van der Waals surface area (Å²) in [7, 11) is 1.57. The number of anilines is 1. The first-order chi connectivity index (χ1) is 9.61. The molecule has 4 nitrogen and oxygen atoms in total. The van der Waals surface area contributed by atoms with Crippen molar-refractivity contribution in [1.82, 2.24) is 0 Å². The number of benzene rings is 2. The molecule has 0 spiro atoms. The number of halogens is 1. The van der Waals surface area contributed by atoms with Crippen molar-refractivity contribution in [2.24, 2.45) is 0 Å². The fourth-order valence-electron chi connectivity index (χ4n) is 2.32. The number of carbonyl (C=O) groups excluding carboxylic acids is 1. The molecule has 1 heterocycles. The Morgan fingerprint density at radius 3 is 2.55 bits per heavy atom. The van der Waals surface area contributed by atoms with Crippen molar-refractivity contribution in [3.63, 3.8) is 0 Å². The highest BCUT2D eigenvalue weighted by Crippen LogP contribution is 2.37. The molecule has 0 aromatic heterocycles. The molecule has 3 rings (SSSR count). The van der Waals surface area contributed by atoms with Crippen LogP contribution in [0.2, 0.25) is 5.02 Å². The third-order valence-corrected chi connectivity index (χ3v) is 3.57. The van der Waals surface area contributed by atoms with E-state index in [9.17, 15) is 9.90 Å². The first-order valence-electron chi connectivity index (χ1n) is 6.07. The van der Waals surface area contributed by atoms with Gasteiger partial charge in [-0.1, -0.05) is 11.6 Å². The molecule has 2 aromatic carbocycles. The van der Waals surface area contributed by atoms with Crippen LogP contribution >= 0.6 is 11.6 Å². The van der Waals surface area contributed by atoms with Crippen LogP contribution in [0.25, 0.3) is 0 Å². The normalized spacial score (nSPS) is 17.2. The van der Waals surface area contributed by atoms with E-state index < -0.39 is 6.23 Å². The van der Waals surface area contributed by atoms with Crippen molar-refractivity contribution in [3.05, 3.63) is 58.6 Å². The van der Waals surface area contributed by atoms with Crippen LogP contribution in [0.15, 0.2) is 42.5 Å². The van der Waals surface area contributed by atoms with Crippen molar-refractivity contribution < 1.29 is 14.6 Å². The number of aliphatic hydroxyl groups excluding tert-OH is 1. The lowest BCUT2D eigenvalue weighted by atomic mass is 10.1. The van der Waals surface area contributed by atoms with Gasteiger partial charge in [0.25, 0.3) is 5.91 Å². The number of methoxy groups -OCH3 is 1. The van der Waals surface area contributed by atoms with E-state index in [0.717, 1.165) is 0 Å². The van der Waals surface area contributed by atoms with Crippen LogP contribution in [0.1, 0.15) is 22.1 Å². The Kier molecular flexibility index (Phi) is 3.12. The number of rotatable bonds is 2. The van der Waals surface area contributed by atoms with Gasteiger partial charge in [0.2, 0.25) is 0 Å². The summed E-state index contributed by atoms with van der Waals surface area (Å²) in [5, 5.41) is 10.8. The van der Waals surface area contributed by atoms with Crippen molar-refractivity contribution in [2.75, 3.05) is 12.0 Å². The lowest BCUT2D eigenvalue weighted by Gasteiger charge is -2.21. The molecule has 0 saturated carbocycles. The van der Waals surface area contributed by atoms with Gasteiger partial charge >= 0.3 is 0 Å². The van der Waals surface area contributed by atoms with Crippen molar-refractivity contribution in [1.29, 1.82) is 0 Å². The summed E-state index contributed by atoms with van der Waals surface area (Å²) in [5.41, 5.74) is 1.60. The highest BCUT2D eigenvalue weighted by molar-refractivity contribution is 6.31. The summed E-state index contributed by atoms with van der Waals surface area (Å²) >= 11 is 5.91. The van der Waals surface area contributed by atoms with Gasteiger partial charge < -0.3 is 9.84 Å². The molecule has 20 heavy (non-hydrogen) atoms. The molecule has 1 unspecified atom stereocenters. The molecule has 0 aliphatic carbocycles. The molecule has 1 aliphatic rings. The van der Waals surface area contributed by atoms with Crippen LogP contribution in [0.5, 0.6) is 5.75 Å². The zero-order valence-electron chi connectivity index (χ0n) is 10.7. The van der Waals surface area contributed by atoms with Gasteiger partial charge in [-0.2, -0.15) is 0 Å². The topological polar surface area (TPSA) is 49.8 Å². The first-order valence-corrected chi connectivity index (χ1v) is 6.45. The maximum Gasteiger partial charge on any atom is 0.261 e. The molecule has 102 valence electrons.